The van der Waals surface area contributed by atoms with E-state index in [1.165, 1.54) is 0 Å². The summed E-state index contributed by atoms with van der Waals surface area (Å²) in [6.45, 7) is 6.25. The first-order valence-electron chi connectivity index (χ1n) is 12.7. The van der Waals surface area contributed by atoms with Crippen molar-refractivity contribution in [2.24, 2.45) is 0 Å². The Kier molecular flexibility index (Phi) is 10.1. The highest BCUT2D eigenvalue weighted by Crippen LogP contribution is 2.28. The average molecular weight is 503 g/mol. The fourth-order valence-corrected chi connectivity index (χ4v) is 4.26. The lowest BCUT2D eigenvalue weighted by atomic mass is 10.0. The highest BCUT2D eigenvalue weighted by Gasteiger charge is 2.30. The second-order valence-corrected chi connectivity index (χ2v) is 9.57. The lowest BCUT2D eigenvalue weighted by Crippen LogP contribution is -2.51. The quantitative estimate of drug-likeness (QED) is 0.374. The summed E-state index contributed by atoms with van der Waals surface area (Å²) < 4.78 is 10.8. The SMILES string of the molecule is COc1ccc(CCC(=O)N(Cc2ccc(C)cc2)[C@@H](Cc2ccccc2)C(=O)NC(C)C)cc1OC. The molecular weight excluding hydrogens is 464 g/mol. The molecule has 0 unspecified atom stereocenters. The van der Waals surface area contributed by atoms with Crippen molar-refractivity contribution in [3.8, 4) is 11.5 Å². The van der Waals surface area contributed by atoms with Crippen LogP contribution in [0.3, 0.4) is 0 Å². The maximum Gasteiger partial charge on any atom is 0.243 e. The van der Waals surface area contributed by atoms with Crippen LogP contribution in [0.2, 0.25) is 0 Å². The van der Waals surface area contributed by atoms with E-state index in [4.69, 9.17) is 9.47 Å². The molecule has 0 aromatic heterocycles. The van der Waals surface area contributed by atoms with Gasteiger partial charge in [0.05, 0.1) is 14.2 Å². The fourth-order valence-electron chi connectivity index (χ4n) is 4.26. The Bertz CT molecular complexity index is 1160. The molecule has 0 aliphatic carbocycles. The minimum absolute atomic E-state index is 0.0335. The number of hydrogen-bond donors (Lipinski definition) is 1. The molecule has 0 spiro atoms. The van der Waals surface area contributed by atoms with E-state index in [1.54, 1.807) is 19.1 Å². The summed E-state index contributed by atoms with van der Waals surface area (Å²) in [4.78, 5) is 29.0. The Morgan fingerprint density at radius 1 is 0.838 bits per heavy atom. The van der Waals surface area contributed by atoms with Crippen LogP contribution in [0.25, 0.3) is 0 Å². The molecule has 3 rings (SSSR count). The van der Waals surface area contributed by atoms with Gasteiger partial charge in [-0.25, -0.2) is 0 Å². The zero-order valence-electron chi connectivity index (χ0n) is 22.5. The van der Waals surface area contributed by atoms with E-state index >= 15 is 0 Å². The van der Waals surface area contributed by atoms with Crippen LogP contribution in [0.1, 0.15) is 42.5 Å². The summed E-state index contributed by atoms with van der Waals surface area (Å²) in [6.07, 6.45) is 1.22. The largest absolute Gasteiger partial charge is 0.493 e. The Labute approximate surface area is 220 Å². The number of carbonyl (C=O) groups excluding carboxylic acids is 2. The summed E-state index contributed by atoms with van der Waals surface area (Å²) in [5, 5.41) is 3.03. The van der Waals surface area contributed by atoms with Gasteiger partial charge in [-0.1, -0.05) is 66.2 Å². The summed E-state index contributed by atoms with van der Waals surface area (Å²) >= 11 is 0. The predicted octanol–water partition coefficient (Wildman–Crippen LogP) is 5.11. The number of ether oxygens (including phenoxy) is 2. The van der Waals surface area contributed by atoms with Gasteiger partial charge in [-0.05, 0) is 56.0 Å². The van der Waals surface area contributed by atoms with E-state index in [2.05, 4.69) is 5.32 Å². The van der Waals surface area contributed by atoms with Crippen LogP contribution in [-0.4, -0.2) is 43.0 Å². The standard InChI is InChI=1S/C31H38N2O4/c1-22(2)32-31(35)27(19-24-9-7-6-8-10-24)33(21-26-13-11-23(3)12-14-26)30(34)18-16-25-15-17-28(36-4)29(20-25)37-5/h6-15,17,20,22,27H,16,18-19,21H2,1-5H3,(H,32,35)/t27-/m0/s1. The first kappa shape index (κ1) is 27.8. The van der Waals surface area contributed by atoms with Crippen molar-refractivity contribution in [3.05, 3.63) is 95.1 Å². The van der Waals surface area contributed by atoms with E-state index in [0.717, 1.165) is 22.3 Å². The molecule has 3 aromatic carbocycles. The van der Waals surface area contributed by atoms with Gasteiger partial charge in [-0.15, -0.1) is 0 Å². The van der Waals surface area contributed by atoms with Crippen LogP contribution in [0.5, 0.6) is 11.5 Å². The maximum absolute atomic E-state index is 13.8. The molecule has 1 N–H and O–H groups in total. The Hall–Kier alpha value is -3.80. The number of carbonyl (C=O) groups is 2. The van der Waals surface area contributed by atoms with Gasteiger partial charge in [0.25, 0.3) is 0 Å². The first-order chi connectivity index (χ1) is 17.8. The number of benzene rings is 3. The number of nitrogens with one attached hydrogen (secondary N) is 1. The van der Waals surface area contributed by atoms with Gasteiger partial charge in [-0.2, -0.15) is 0 Å². The highest BCUT2D eigenvalue weighted by atomic mass is 16.5. The molecule has 0 bridgehead atoms. The molecule has 1 atom stereocenters. The second-order valence-electron chi connectivity index (χ2n) is 9.57. The molecule has 0 heterocycles. The second kappa shape index (κ2) is 13.5. The number of amides is 2. The van der Waals surface area contributed by atoms with Crippen LogP contribution in [0, 0.1) is 6.92 Å². The molecule has 0 fully saturated rings. The van der Waals surface area contributed by atoms with Crippen molar-refractivity contribution in [2.45, 2.75) is 58.7 Å². The van der Waals surface area contributed by atoms with Crippen LogP contribution in [0.4, 0.5) is 0 Å². The van der Waals surface area contributed by atoms with Crippen LogP contribution in [0.15, 0.2) is 72.8 Å². The predicted molar refractivity (Wildman–Crippen MR) is 147 cm³/mol. The Morgan fingerprint density at radius 3 is 2.11 bits per heavy atom. The van der Waals surface area contributed by atoms with Crippen LogP contribution < -0.4 is 14.8 Å². The summed E-state index contributed by atoms with van der Waals surface area (Å²) in [7, 11) is 3.19. The molecule has 196 valence electrons. The van der Waals surface area contributed by atoms with Crippen molar-refractivity contribution >= 4 is 11.8 Å². The smallest absolute Gasteiger partial charge is 0.243 e. The topological polar surface area (TPSA) is 67.9 Å². The molecule has 0 radical (unpaired) electrons. The van der Waals surface area contributed by atoms with E-state index in [0.29, 0.717) is 30.9 Å². The summed E-state index contributed by atoms with van der Waals surface area (Å²) in [5.74, 6) is 1.05. The minimum atomic E-state index is -0.635. The van der Waals surface area contributed by atoms with Gasteiger partial charge in [0, 0.05) is 25.4 Å². The molecule has 3 aromatic rings. The number of methoxy groups -OCH3 is 2. The van der Waals surface area contributed by atoms with E-state index in [1.807, 2.05) is 93.6 Å². The lowest BCUT2D eigenvalue weighted by molar-refractivity contribution is -0.141. The number of rotatable bonds is 12. The van der Waals surface area contributed by atoms with Gasteiger partial charge >= 0.3 is 0 Å². The van der Waals surface area contributed by atoms with Gasteiger partial charge in [-0.3, -0.25) is 9.59 Å². The van der Waals surface area contributed by atoms with Crippen LogP contribution in [-0.2, 0) is 29.0 Å². The lowest BCUT2D eigenvalue weighted by Gasteiger charge is -2.32. The molecular formula is C31H38N2O4. The Balaban J connectivity index is 1.90. The third kappa shape index (κ3) is 8.10. The molecule has 2 amide bonds. The van der Waals surface area contributed by atoms with E-state index < -0.39 is 6.04 Å². The zero-order chi connectivity index (χ0) is 26.8. The van der Waals surface area contributed by atoms with E-state index in [-0.39, 0.29) is 24.3 Å². The number of hydrogen-bond acceptors (Lipinski definition) is 4. The summed E-state index contributed by atoms with van der Waals surface area (Å²) in [6, 6.07) is 22.9. The highest BCUT2D eigenvalue weighted by molar-refractivity contribution is 5.88. The van der Waals surface area contributed by atoms with Crippen molar-refractivity contribution < 1.29 is 19.1 Å². The molecule has 0 aliphatic heterocycles. The zero-order valence-corrected chi connectivity index (χ0v) is 22.5. The molecule has 6 heteroatoms. The normalized spacial score (nSPS) is 11.6. The molecule has 37 heavy (non-hydrogen) atoms. The summed E-state index contributed by atoms with van der Waals surface area (Å²) in [5.41, 5.74) is 4.11. The fraction of sp³-hybridized carbons (Fsp3) is 0.355. The van der Waals surface area contributed by atoms with Gasteiger partial charge < -0.3 is 19.7 Å². The first-order valence-corrected chi connectivity index (χ1v) is 12.7. The molecule has 0 saturated heterocycles. The molecule has 6 nitrogen and oxygen atoms in total. The van der Waals surface area contributed by atoms with Crippen LogP contribution >= 0.6 is 0 Å². The maximum atomic E-state index is 13.8. The third-order valence-electron chi connectivity index (χ3n) is 6.25. The molecule has 0 aliphatic rings. The van der Waals surface area contributed by atoms with E-state index in [9.17, 15) is 9.59 Å². The third-order valence-corrected chi connectivity index (χ3v) is 6.25. The van der Waals surface area contributed by atoms with Crippen molar-refractivity contribution in [1.82, 2.24) is 10.2 Å². The van der Waals surface area contributed by atoms with Crippen molar-refractivity contribution in [2.75, 3.05) is 14.2 Å². The molecule has 0 saturated carbocycles. The van der Waals surface area contributed by atoms with Gasteiger partial charge in [0.2, 0.25) is 11.8 Å². The monoisotopic (exact) mass is 502 g/mol. The average Bonchev–Trinajstić information content (AvgIpc) is 2.90. The Morgan fingerprint density at radius 2 is 1.49 bits per heavy atom. The van der Waals surface area contributed by atoms with Crippen molar-refractivity contribution in [3.63, 3.8) is 0 Å². The van der Waals surface area contributed by atoms with Gasteiger partial charge in [0.1, 0.15) is 6.04 Å². The number of aryl methyl sites for hydroxylation is 2. The van der Waals surface area contributed by atoms with Gasteiger partial charge in [0.15, 0.2) is 11.5 Å². The minimum Gasteiger partial charge on any atom is -0.493 e. The number of nitrogens with zero attached hydrogens (tertiary/aromatic N) is 1. The van der Waals surface area contributed by atoms with Crippen molar-refractivity contribution in [1.29, 1.82) is 0 Å².